The van der Waals surface area contributed by atoms with Gasteiger partial charge in [0.15, 0.2) is 0 Å². The van der Waals surface area contributed by atoms with Gasteiger partial charge in [0.1, 0.15) is 0 Å². The Kier molecular flexibility index (Phi) is 148. The van der Waals surface area contributed by atoms with E-state index in [1.165, 1.54) is 0 Å². The van der Waals surface area contributed by atoms with Gasteiger partial charge in [0.2, 0.25) is 0 Å². The van der Waals surface area contributed by atoms with Gasteiger partial charge in [-0.1, -0.05) is 0 Å². The average Bonchev–Trinajstić information content (AvgIpc) is 2.30. The van der Waals surface area contributed by atoms with Crippen LogP contribution < -0.4 is 118 Å². The summed E-state index contributed by atoms with van der Waals surface area (Å²) in [5.41, 5.74) is 0. The van der Waals surface area contributed by atoms with Gasteiger partial charge in [0.25, 0.3) is 0 Å². The zero-order valence-corrected chi connectivity index (χ0v) is 26.4. The summed E-state index contributed by atoms with van der Waals surface area (Å²) in [6.45, 7) is 0. The van der Waals surface area contributed by atoms with Crippen molar-refractivity contribution in [1.29, 1.82) is 0 Å². The Bertz CT molecular complexity index is 391. The maximum absolute atomic E-state index is 8.56. The summed E-state index contributed by atoms with van der Waals surface area (Å²) in [6, 6.07) is 0. The molecule has 0 bridgehead atoms. The van der Waals surface area contributed by atoms with Gasteiger partial charge < -0.3 is 87.4 Å². The van der Waals surface area contributed by atoms with Crippen molar-refractivity contribution in [2.75, 3.05) is 0 Å². The van der Waals surface area contributed by atoms with Crippen LogP contribution in [0.4, 0.5) is 38.4 Å². The molecule has 0 aromatic carbocycles. The third kappa shape index (κ3) is 9220. The first-order valence-electron chi connectivity index (χ1n) is 5.21. The summed E-state index contributed by atoms with van der Waals surface area (Å²) in [4.78, 5) is 68.4. The van der Waals surface area contributed by atoms with Crippen LogP contribution in [0.15, 0.2) is 0 Å². The van der Waals surface area contributed by atoms with Gasteiger partial charge >= 0.3 is 167 Å². The van der Waals surface area contributed by atoms with Crippen LogP contribution >= 0.6 is 0 Å². The Morgan fingerprint density at radius 1 is 0.222 bits per heavy atom. The zero-order valence-electron chi connectivity index (χ0n) is 22.4. The molecule has 0 rings (SSSR count). The number of carbonyl (C=O) groups is 8. The second-order valence-electron chi connectivity index (χ2n) is 2.26. The van der Waals surface area contributed by atoms with Crippen molar-refractivity contribution in [2.45, 2.75) is 0 Å². The molecule has 24 nitrogen and oxygen atoms in total. The maximum Gasteiger partial charge on any atom is 1.00 e. The van der Waals surface area contributed by atoms with Gasteiger partial charge in [-0.25, -0.2) is 38.4 Å². The number of hydrogen-bond donors (Lipinski definition) is 16. The second kappa shape index (κ2) is 69.8. The van der Waals surface area contributed by atoms with Gasteiger partial charge in [-0.15, -0.1) is 0 Å². The Morgan fingerprint density at radius 3 is 0.222 bits per heavy atom. The third-order valence-corrected chi connectivity index (χ3v) is 0. The van der Waals surface area contributed by atoms with E-state index in [4.69, 9.17) is 120 Å². The fourth-order valence-electron chi connectivity index (χ4n) is 0. The van der Waals surface area contributed by atoms with E-state index in [2.05, 4.69) is 0 Å². The number of carboxylic acid groups (broad SMARTS) is 16. The van der Waals surface area contributed by atoms with Crippen LogP contribution in [0.25, 0.3) is 0 Å². The van der Waals surface area contributed by atoms with E-state index < -0.39 is 49.2 Å². The third-order valence-electron chi connectivity index (χ3n) is 0. The Hall–Kier alpha value is -1.84. The van der Waals surface area contributed by atoms with Gasteiger partial charge in [-0.2, -0.15) is 0 Å². The molecule has 0 aliphatic heterocycles. The molecule has 0 aromatic rings. The van der Waals surface area contributed by atoms with E-state index in [0.717, 1.165) is 0 Å². The van der Waals surface area contributed by atoms with E-state index in [9.17, 15) is 0 Å². The van der Waals surface area contributed by atoms with E-state index >= 15 is 0 Å². The van der Waals surface area contributed by atoms with Crippen molar-refractivity contribution in [3.8, 4) is 0 Å². The molecule has 0 unspecified atom stereocenters. The maximum atomic E-state index is 8.56. The predicted octanol–water partition coefficient (Wildman–Crippen LogP) is -9.75. The normalized spacial score (nSPS) is 5.33. The summed E-state index contributed by atoms with van der Waals surface area (Å²) >= 11 is 0. The van der Waals surface area contributed by atoms with Crippen LogP contribution in [0.3, 0.4) is 0 Å². The summed E-state index contributed by atoms with van der Waals surface area (Å²) in [7, 11) is 0. The fourth-order valence-corrected chi connectivity index (χ4v) is 0. The Balaban J connectivity index is -0.0000000114. The van der Waals surface area contributed by atoms with Gasteiger partial charge in [-0.05, 0) is 0 Å². The molecular weight excluding hydrogens is 572 g/mol. The molecule has 0 radical (unpaired) electrons. The van der Waals surface area contributed by atoms with Crippen LogP contribution in [-0.4, -0.2) is 131 Å². The first-order valence-corrected chi connectivity index (χ1v) is 5.21. The average molecular weight is 592 g/mol. The van der Waals surface area contributed by atoms with E-state index in [1.54, 1.807) is 0 Å². The fraction of sp³-hybridized carbons (Fsp3) is 0. The predicted molar refractivity (Wildman–Crippen MR) is 89.7 cm³/mol. The first-order chi connectivity index (χ1) is 13.9. The van der Waals surface area contributed by atoms with Gasteiger partial charge in [0, 0.05) is 0 Å². The SMILES string of the molecule is O=C(O)O.O=C(O)O.O=C(O)O.O=C(O)O.O=C(O)O.O=C(O)O.O=C(O)O.O=C(O)O.[H-].[H-].[H-].[H-].[Na+].[Na+].[Na+].[Na+]. The molecule has 0 spiro atoms. The van der Waals surface area contributed by atoms with Gasteiger partial charge in [-0.3, -0.25) is 0 Å². The monoisotopic (exact) mass is 592 g/mol. The number of rotatable bonds is 0. The molecule has 16 N–H and O–H groups in total. The van der Waals surface area contributed by atoms with E-state index in [0.29, 0.717) is 0 Å². The van der Waals surface area contributed by atoms with Crippen molar-refractivity contribution in [2.24, 2.45) is 0 Å². The molecule has 0 atom stereocenters. The summed E-state index contributed by atoms with van der Waals surface area (Å²) in [5.74, 6) is 0. The van der Waals surface area contributed by atoms with Crippen molar-refractivity contribution in [3.63, 3.8) is 0 Å². The van der Waals surface area contributed by atoms with Crippen LogP contribution in [0, 0.1) is 0 Å². The Labute approximate surface area is 290 Å². The second-order valence-corrected chi connectivity index (χ2v) is 2.26. The first kappa shape index (κ1) is 76.5. The molecule has 0 saturated carbocycles. The molecule has 0 amide bonds. The molecule has 36 heavy (non-hydrogen) atoms. The quantitative estimate of drug-likeness (QED) is 0.116. The smallest absolute Gasteiger partial charge is 1.00 e. The molecule has 0 aliphatic rings. The molecule has 0 heterocycles. The Morgan fingerprint density at radius 2 is 0.222 bits per heavy atom. The van der Waals surface area contributed by atoms with Crippen LogP contribution in [0.1, 0.15) is 5.71 Å². The minimum absolute atomic E-state index is 0. The molecule has 0 fully saturated rings. The van der Waals surface area contributed by atoms with Crippen molar-refractivity contribution < 1.29 is 244 Å². The van der Waals surface area contributed by atoms with Crippen molar-refractivity contribution >= 4 is 49.2 Å². The number of hydrogen-bond acceptors (Lipinski definition) is 8. The van der Waals surface area contributed by atoms with Crippen LogP contribution in [0.5, 0.6) is 0 Å². The zero-order chi connectivity index (χ0) is 28.6. The van der Waals surface area contributed by atoms with Crippen molar-refractivity contribution in [3.05, 3.63) is 0 Å². The molecule has 200 valence electrons. The van der Waals surface area contributed by atoms with E-state index in [-0.39, 0.29) is 124 Å². The minimum atomic E-state index is -1.83. The van der Waals surface area contributed by atoms with E-state index in [1.807, 2.05) is 0 Å². The van der Waals surface area contributed by atoms with Crippen molar-refractivity contribution in [1.82, 2.24) is 0 Å². The summed E-state index contributed by atoms with van der Waals surface area (Å²) < 4.78 is 0. The molecule has 0 aliphatic carbocycles. The molecule has 0 aromatic heterocycles. The molecule has 28 heteroatoms. The topological polar surface area (TPSA) is 460 Å². The largest absolute Gasteiger partial charge is 1.00 e. The standard InChI is InChI=1S/8CH2O3.4Na.4H/c8*2-1(3)4;;;;;;;;/h8*(H2,2,3,4);;;;;;;;/q;;;;;;;;4*+1;4*-1. The molecule has 0 saturated heterocycles. The summed E-state index contributed by atoms with van der Waals surface area (Å²) in [5, 5.41) is 112. The minimum Gasteiger partial charge on any atom is -1.00 e. The van der Waals surface area contributed by atoms with Crippen LogP contribution in [-0.2, 0) is 0 Å². The van der Waals surface area contributed by atoms with Gasteiger partial charge in [0.05, 0.1) is 0 Å². The summed E-state index contributed by atoms with van der Waals surface area (Å²) in [6.07, 6.45) is -14.7. The molecular formula is C8H20Na4O24. The van der Waals surface area contributed by atoms with Crippen LogP contribution in [0.2, 0.25) is 0 Å².